The molecule has 1 aliphatic rings. The third kappa shape index (κ3) is 4.48. The molecule has 1 aliphatic heterocycles. The zero-order valence-electron chi connectivity index (χ0n) is 16.8. The lowest BCUT2D eigenvalue weighted by Crippen LogP contribution is -2.36. The fraction of sp³-hybridized carbons (Fsp3) is 0.421. The highest BCUT2D eigenvalue weighted by molar-refractivity contribution is 7.23. The van der Waals surface area contributed by atoms with Gasteiger partial charge in [0.05, 0.1) is 56.3 Å². The van der Waals surface area contributed by atoms with Crippen LogP contribution in [0.1, 0.15) is 0 Å². The summed E-state index contributed by atoms with van der Waals surface area (Å²) in [5, 5.41) is 7.25. The lowest BCUT2D eigenvalue weighted by atomic mass is 10.2. The molecule has 0 aliphatic carbocycles. The maximum Gasteiger partial charge on any atom is 0.419 e. The van der Waals surface area contributed by atoms with Gasteiger partial charge in [-0.05, 0) is 12.1 Å². The molecule has 2 aromatic heterocycles. The molecule has 30 heavy (non-hydrogen) atoms. The average Bonchev–Trinajstić information content (AvgIpc) is 3.38. The van der Waals surface area contributed by atoms with Crippen molar-refractivity contribution in [3.8, 4) is 11.5 Å². The van der Waals surface area contributed by atoms with E-state index in [0.29, 0.717) is 48.5 Å². The number of hydrogen-bond donors (Lipinski definition) is 1. The summed E-state index contributed by atoms with van der Waals surface area (Å²) in [6, 6.07) is 3.91. The number of carbonyl (C=O) groups excluding carboxylic acids is 1. The van der Waals surface area contributed by atoms with E-state index in [2.05, 4.69) is 20.3 Å². The first kappa shape index (κ1) is 20.4. The van der Waals surface area contributed by atoms with Crippen molar-refractivity contribution < 1.29 is 23.7 Å². The molecule has 3 heterocycles. The summed E-state index contributed by atoms with van der Waals surface area (Å²) < 4.78 is 23.8. The number of rotatable bonds is 7. The second-order valence-electron chi connectivity index (χ2n) is 6.53. The number of methoxy groups -OCH3 is 2. The predicted molar refractivity (Wildman–Crippen MR) is 113 cm³/mol. The van der Waals surface area contributed by atoms with E-state index >= 15 is 0 Å². The third-order valence-electron chi connectivity index (χ3n) is 4.61. The number of ether oxygens (including phenoxy) is 4. The van der Waals surface area contributed by atoms with Gasteiger partial charge in [-0.3, -0.25) is 10.00 Å². The fourth-order valence-electron chi connectivity index (χ4n) is 3.17. The van der Waals surface area contributed by atoms with Crippen molar-refractivity contribution in [2.45, 2.75) is 6.54 Å². The molecule has 160 valence electrons. The minimum atomic E-state index is -0.632. The van der Waals surface area contributed by atoms with Gasteiger partial charge in [0, 0.05) is 20.2 Å². The van der Waals surface area contributed by atoms with E-state index in [-0.39, 0.29) is 0 Å². The van der Waals surface area contributed by atoms with Crippen LogP contribution in [0.25, 0.3) is 10.2 Å². The molecule has 0 saturated carbocycles. The lowest BCUT2D eigenvalue weighted by Gasteiger charge is -2.29. The molecule has 1 N–H and O–H groups in total. The van der Waals surface area contributed by atoms with Crippen LogP contribution in [0.4, 0.5) is 15.6 Å². The molecule has 1 aromatic carbocycles. The van der Waals surface area contributed by atoms with Crippen LogP contribution < -0.4 is 19.7 Å². The van der Waals surface area contributed by atoms with Gasteiger partial charge in [0.15, 0.2) is 10.9 Å². The van der Waals surface area contributed by atoms with Gasteiger partial charge >= 0.3 is 6.09 Å². The SMILES string of the molecule is COCCn1cc(OC(=O)Nc2nc3c(OC)ccc(N4CCOCC4)c3s2)cn1. The van der Waals surface area contributed by atoms with Gasteiger partial charge in [0.2, 0.25) is 0 Å². The summed E-state index contributed by atoms with van der Waals surface area (Å²) in [4.78, 5) is 19.1. The molecule has 0 spiro atoms. The van der Waals surface area contributed by atoms with E-state index in [1.54, 1.807) is 25.1 Å². The topological polar surface area (TPSA) is 100.0 Å². The maximum atomic E-state index is 12.3. The summed E-state index contributed by atoms with van der Waals surface area (Å²) >= 11 is 1.38. The highest BCUT2D eigenvalue weighted by Gasteiger charge is 2.20. The first-order chi connectivity index (χ1) is 14.7. The Bertz CT molecular complexity index is 1010. The number of anilines is 2. The van der Waals surface area contributed by atoms with Crippen LogP contribution in [0.15, 0.2) is 24.5 Å². The molecular weight excluding hydrogens is 410 g/mol. The van der Waals surface area contributed by atoms with E-state index in [0.717, 1.165) is 23.5 Å². The Morgan fingerprint density at radius 1 is 1.30 bits per heavy atom. The molecule has 0 unspecified atom stereocenters. The molecule has 1 saturated heterocycles. The summed E-state index contributed by atoms with van der Waals surface area (Å²) in [7, 11) is 3.22. The molecular formula is C19H23N5O5S. The Kier molecular flexibility index (Phi) is 6.31. The van der Waals surface area contributed by atoms with Crippen LogP contribution in [0, 0.1) is 0 Å². The van der Waals surface area contributed by atoms with Crippen molar-refractivity contribution in [3.05, 3.63) is 24.5 Å². The average molecular weight is 433 g/mol. The van der Waals surface area contributed by atoms with Crippen molar-refractivity contribution in [3.63, 3.8) is 0 Å². The second-order valence-corrected chi connectivity index (χ2v) is 7.53. The largest absolute Gasteiger partial charge is 0.494 e. The van der Waals surface area contributed by atoms with Crippen LogP contribution in [-0.4, -0.2) is 68.0 Å². The Hall–Kier alpha value is -2.89. The van der Waals surface area contributed by atoms with Gasteiger partial charge in [0.1, 0.15) is 11.3 Å². The minimum absolute atomic E-state index is 0.344. The standard InChI is InChI=1S/C19H23N5O5S/c1-26-8-7-24-12-13(11-20-24)29-19(25)22-18-21-16-15(27-2)4-3-14(17(16)30-18)23-5-9-28-10-6-23/h3-4,11-12H,5-10H2,1-2H3,(H,21,22,25). The zero-order chi connectivity index (χ0) is 20.9. The number of amides is 1. The van der Waals surface area contributed by atoms with Crippen LogP contribution in [0.5, 0.6) is 11.5 Å². The number of morpholine rings is 1. The number of hydrogen-bond acceptors (Lipinski definition) is 9. The van der Waals surface area contributed by atoms with E-state index < -0.39 is 6.09 Å². The second kappa shape index (κ2) is 9.28. The summed E-state index contributed by atoms with van der Waals surface area (Å²) in [6.07, 6.45) is 2.48. The van der Waals surface area contributed by atoms with Crippen LogP contribution in [0.2, 0.25) is 0 Å². The fourth-order valence-corrected chi connectivity index (χ4v) is 4.17. The smallest absolute Gasteiger partial charge is 0.419 e. The summed E-state index contributed by atoms with van der Waals surface area (Å²) in [6.45, 7) is 4.06. The van der Waals surface area contributed by atoms with Gasteiger partial charge in [-0.15, -0.1) is 0 Å². The van der Waals surface area contributed by atoms with Gasteiger partial charge in [-0.25, -0.2) is 9.78 Å². The molecule has 10 nitrogen and oxygen atoms in total. The van der Waals surface area contributed by atoms with Crippen molar-refractivity contribution in [1.29, 1.82) is 0 Å². The Morgan fingerprint density at radius 3 is 2.90 bits per heavy atom. The highest BCUT2D eigenvalue weighted by atomic mass is 32.1. The molecule has 3 aromatic rings. The maximum absolute atomic E-state index is 12.3. The Balaban J connectivity index is 1.51. The first-order valence-corrected chi connectivity index (χ1v) is 10.3. The number of nitrogens with one attached hydrogen (secondary N) is 1. The molecule has 0 atom stereocenters. The monoisotopic (exact) mass is 433 g/mol. The van der Waals surface area contributed by atoms with Crippen LogP contribution in [0.3, 0.4) is 0 Å². The van der Waals surface area contributed by atoms with Crippen molar-refractivity contribution >= 4 is 38.5 Å². The number of fused-ring (bicyclic) bond motifs is 1. The first-order valence-electron chi connectivity index (χ1n) is 9.48. The molecule has 4 rings (SSSR count). The van der Waals surface area contributed by atoms with Crippen molar-refractivity contribution in [1.82, 2.24) is 14.8 Å². The number of benzene rings is 1. The van der Waals surface area contributed by atoms with Gasteiger partial charge in [-0.2, -0.15) is 5.10 Å². The van der Waals surface area contributed by atoms with E-state index in [4.69, 9.17) is 18.9 Å². The Labute approximate surface area is 177 Å². The lowest BCUT2D eigenvalue weighted by molar-refractivity contribution is 0.123. The molecule has 11 heteroatoms. The number of carbonyl (C=O) groups is 1. The van der Waals surface area contributed by atoms with Gasteiger partial charge in [-0.1, -0.05) is 11.3 Å². The summed E-state index contributed by atoms with van der Waals surface area (Å²) in [5.41, 5.74) is 1.75. The molecule has 0 bridgehead atoms. The van der Waals surface area contributed by atoms with E-state index in [9.17, 15) is 4.79 Å². The van der Waals surface area contributed by atoms with Gasteiger partial charge in [0.25, 0.3) is 0 Å². The Morgan fingerprint density at radius 2 is 2.13 bits per heavy atom. The minimum Gasteiger partial charge on any atom is -0.494 e. The number of aromatic nitrogens is 3. The van der Waals surface area contributed by atoms with E-state index in [1.807, 2.05) is 12.1 Å². The number of nitrogens with zero attached hydrogens (tertiary/aromatic N) is 4. The quantitative estimate of drug-likeness (QED) is 0.607. The molecule has 1 fully saturated rings. The van der Waals surface area contributed by atoms with Crippen molar-refractivity contribution in [2.24, 2.45) is 0 Å². The summed E-state index contributed by atoms with van der Waals surface area (Å²) in [5.74, 6) is 0.996. The van der Waals surface area contributed by atoms with Crippen molar-refractivity contribution in [2.75, 3.05) is 57.3 Å². The number of thiazole rings is 1. The normalized spacial score (nSPS) is 14.1. The van der Waals surface area contributed by atoms with Gasteiger partial charge < -0.3 is 23.8 Å². The molecule has 1 amide bonds. The molecule has 0 radical (unpaired) electrons. The van der Waals surface area contributed by atoms with Crippen LogP contribution >= 0.6 is 11.3 Å². The zero-order valence-corrected chi connectivity index (χ0v) is 17.6. The predicted octanol–water partition coefficient (Wildman–Crippen LogP) is 2.60. The van der Waals surface area contributed by atoms with Crippen LogP contribution in [-0.2, 0) is 16.0 Å². The highest BCUT2D eigenvalue weighted by Crippen LogP contribution is 2.39. The van der Waals surface area contributed by atoms with E-state index in [1.165, 1.54) is 17.5 Å². The third-order valence-corrected chi connectivity index (χ3v) is 5.60.